The van der Waals surface area contributed by atoms with Crippen LogP contribution in [0.2, 0.25) is 5.02 Å². The fourth-order valence-electron chi connectivity index (χ4n) is 4.91. The van der Waals surface area contributed by atoms with Gasteiger partial charge in [0.2, 0.25) is 11.8 Å². The van der Waals surface area contributed by atoms with Crippen LogP contribution in [0.3, 0.4) is 0 Å². The molecule has 0 unspecified atom stereocenters. The topological polar surface area (TPSA) is 56.4 Å². The summed E-state index contributed by atoms with van der Waals surface area (Å²) in [6, 6.07) is 14.9. The number of amides is 2. The van der Waals surface area contributed by atoms with Crippen LogP contribution in [0.25, 0.3) is 10.9 Å². The van der Waals surface area contributed by atoms with Crippen molar-refractivity contribution in [2.45, 2.75) is 32.4 Å². The third-order valence-corrected chi connectivity index (χ3v) is 6.37. The number of para-hydroxylation sites is 1. The molecule has 154 valence electrons. The van der Waals surface area contributed by atoms with E-state index < -0.39 is 6.04 Å². The molecule has 0 radical (unpaired) electrons. The number of aromatic nitrogens is 1. The standard InChI is InChI=1S/C24H24ClN3O2/c1-14(2)12-27-13-21(29)28-20(24(27)30)11-18-17-5-3-4-6-19(17)26-22(18)23(28)15-7-9-16(25)10-8-15/h3-10,14,20,23,26H,11-13H2,1-2H3/t20-,23+/m0/s1. The summed E-state index contributed by atoms with van der Waals surface area (Å²) in [5.41, 5.74) is 4.10. The number of hydrogen-bond acceptors (Lipinski definition) is 2. The largest absolute Gasteiger partial charge is 0.356 e. The number of benzene rings is 2. The van der Waals surface area contributed by atoms with Gasteiger partial charge in [0.05, 0.1) is 12.6 Å². The van der Waals surface area contributed by atoms with E-state index >= 15 is 0 Å². The molecule has 5 nitrogen and oxygen atoms in total. The van der Waals surface area contributed by atoms with E-state index in [2.05, 4.69) is 24.9 Å². The van der Waals surface area contributed by atoms with Crippen molar-refractivity contribution in [3.05, 3.63) is 70.4 Å². The van der Waals surface area contributed by atoms with E-state index in [0.29, 0.717) is 23.9 Å². The number of rotatable bonds is 3. The molecule has 0 spiro atoms. The van der Waals surface area contributed by atoms with E-state index in [1.807, 2.05) is 42.5 Å². The molecule has 2 aliphatic heterocycles. The molecule has 2 atom stereocenters. The Bertz CT molecular complexity index is 1140. The normalized spacial score (nSPS) is 21.3. The number of carbonyl (C=O) groups is 2. The number of H-pyrrole nitrogens is 1. The lowest BCUT2D eigenvalue weighted by Gasteiger charge is -2.47. The van der Waals surface area contributed by atoms with Crippen molar-refractivity contribution in [2.24, 2.45) is 5.92 Å². The summed E-state index contributed by atoms with van der Waals surface area (Å²) in [5.74, 6) is 0.343. The van der Waals surface area contributed by atoms with Gasteiger partial charge in [-0.1, -0.05) is 55.8 Å². The highest BCUT2D eigenvalue weighted by molar-refractivity contribution is 6.30. The summed E-state index contributed by atoms with van der Waals surface area (Å²) >= 11 is 6.12. The van der Waals surface area contributed by atoms with Gasteiger partial charge < -0.3 is 14.8 Å². The minimum Gasteiger partial charge on any atom is -0.356 e. The van der Waals surface area contributed by atoms with Crippen LogP contribution in [0, 0.1) is 5.92 Å². The number of halogens is 1. The first kappa shape index (κ1) is 19.2. The number of piperazine rings is 1. The smallest absolute Gasteiger partial charge is 0.246 e. The number of nitrogens with zero attached hydrogens (tertiary/aromatic N) is 2. The Morgan fingerprint density at radius 2 is 1.83 bits per heavy atom. The van der Waals surface area contributed by atoms with Crippen LogP contribution < -0.4 is 0 Å². The predicted octanol–water partition coefficient (Wildman–Crippen LogP) is 4.16. The van der Waals surface area contributed by atoms with E-state index in [4.69, 9.17) is 11.6 Å². The van der Waals surface area contributed by atoms with Crippen LogP contribution in [0.4, 0.5) is 0 Å². The predicted molar refractivity (Wildman–Crippen MR) is 117 cm³/mol. The molecule has 5 rings (SSSR count). The molecule has 0 saturated carbocycles. The molecule has 1 N–H and O–H groups in total. The van der Waals surface area contributed by atoms with Gasteiger partial charge in [-0.05, 0) is 35.2 Å². The summed E-state index contributed by atoms with van der Waals surface area (Å²) < 4.78 is 0. The molecule has 30 heavy (non-hydrogen) atoms. The average molecular weight is 422 g/mol. The Morgan fingerprint density at radius 1 is 1.10 bits per heavy atom. The average Bonchev–Trinajstić information content (AvgIpc) is 3.09. The Kier molecular flexibility index (Phi) is 4.58. The summed E-state index contributed by atoms with van der Waals surface area (Å²) in [6.45, 7) is 4.87. The minimum absolute atomic E-state index is 0.00972. The Balaban J connectivity index is 1.68. The van der Waals surface area contributed by atoms with Gasteiger partial charge in [0.25, 0.3) is 0 Å². The molecular formula is C24H24ClN3O2. The number of fused-ring (bicyclic) bond motifs is 4. The van der Waals surface area contributed by atoms with Gasteiger partial charge in [0, 0.05) is 34.6 Å². The maximum Gasteiger partial charge on any atom is 0.246 e. The number of aromatic amines is 1. The molecule has 1 fully saturated rings. The fourth-order valence-corrected chi connectivity index (χ4v) is 5.04. The molecule has 1 aromatic heterocycles. The third-order valence-electron chi connectivity index (χ3n) is 6.11. The SMILES string of the molecule is CC(C)CN1CC(=O)N2[C@H](c3ccc(Cl)cc3)c3[nH]c4ccccc4c3C[C@H]2C1=O. The zero-order valence-corrected chi connectivity index (χ0v) is 17.8. The minimum atomic E-state index is -0.489. The first-order valence-corrected chi connectivity index (χ1v) is 10.8. The van der Waals surface area contributed by atoms with E-state index in [9.17, 15) is 9.59 Å². The molecule has 2 aromatic carbocycles. The monoisotopic (exact) mass is 421 g/mol. The van der Waals surface area contributed by atoms with Gasteiger partial charge in [-0.2, -0.15) is 0 Å². The van der Waals surface area contributed by atoms with E-state index in [-0.39, 0.29) is 24.4 Å². The van der Waals surface area contributed by atoms with Crippen molar-refractivity contribution in [2.75, 3.05) is 13.1 Å². The molecule has 3 heterocycles. The van der Waals surface area contributed by atoms with Crippen LogP contribution in [0.1, 0.15) is 36.7 Å². The fraction of sp³-hybridized carbons (Fsp3) is 0.333. The molecule has 2 aliphatic rings. The van der Waals surface area contributed by atoms with Gasteiger partial charge >= 0.3 is 0 Å². The zero-order chi connectivity index (χ0) is 21.0. The van der Waals surface area contributed by atoms with Crippen molar-refractivity contribution in [3.8, 4) is 0 Å². The van der Waals surface area contributed by atoms with Gasteiger partial charge in [-0.15, -0.1) is 0 Å². The lowest BCUT2D eigenvalue weighted by molar-refractivity contribution is -0.159. The van der Waals surface area contributed by atoms with Crippen LogP contribution in [0.15, 0.2) is 48.5 Å². The van der Waals surface area contributed by atoms with E-state index in [0.717, 1.165) is 27.7 Å². The molecule has 0 bridgehead atoms. The molecule has 0 aliphatic carbocycles. The van der Waals surface area contributed by atoms with Gasteiger partial charge in [0.15, 0.2) is 0 Å². The van der Waals surface area contributed by atoms with Crippen molar-refractivity contribution < 1.29 is 9.59 Å². The second kappa shape index (κ2) is 7.17. The summed E-state index contributed by atoms with van der Waals surface area (Å²) in [6.07, 6.45) is 0.530. The number of hydrogen-bond donors (Lipinski definition) is 1. The first-order chi connectivity index (χ1) is 14.4. The molecule has 6 heteroatoms. The van der Waals surface area contributed by atoms with Crippen LogP contribution in [-0.2, 0) is 16.0 Å². The van der Waals surface area contributed by atoms with E-state index in [1.54, 1.807) is 9.80 Å². The second-order valence-electron chi connectivity index (χ2n) is 8.65. The summed E-state index contributed by atoms with van der Waals surface area (Å²) in [5, 5.41) is 1.76. The van der Waals surface area contributed by atoms with Gasteiger partial charge in [0.1, 0.15) is 6.04 Å². The highest BCUT2D eigenvalue weighted by atomic mass is 35.5. The maximum absolute atomic E-state index is 13.4. The Morgan fingerprint density at radius 3 is 2.57 bits per heavy atom. The summed E-state index contributed by atoms with van der Waals surface area (Å²) in [4.78, 5) is 33.8. The second-order valence-corrected chi connectivity index (χ2v) is 9.09. The van der Waals surface area contributed by atoms with Crippen molar-refractivity contribution in [1.29, 1.82) is 0 Å². The van der Waals surface area contributed by atoms with E-state index in [1.165, 1.54) is 0 Å². The zero-order valence-electron chi connectivity index (χ0n) is 17.1. The Labute approximate surface area is 180 Å². The molecule has 3 aromatic rings. The third kappa shape index (κ3) is 3.00. The lowest BCUT2D eigenvalue weighted by Crippen LogP contribution is -2.63. The molecular weight excluding hydrogens is 398 g/mol. The molecule has 2 amide bonds. The van der Waals surface area contributed by atoms with Crippen LogP contribution in [-0.4, -0.2) is 45.7 Å². The number of carbonyl (C=O) groups excluding carboxylic acids is 2. The Hall–Kier alpha value is -2.79. The van der Waals surface area contributed by atoms with Gasteiger partial charge in [-0.3, -0.25) is 9.59 Å². The van der Waals surface area contributed by atoms with Gasteiger partial charge in [-0.25, -0.2) is 0 Å². The molecule has 1 saturated heterocycles. The lowest BCUT2D eigenvalue weighted by atomic mass is 9.86. The highest BCUT2D eigenvalue weighted by Gasteiger charge is 2.48. The number of nitrogens with one attached hydrogen (secondary N) is 1. The van der Waals surface area contributed by atoms with Crippen molar-refractivity contribution >= 4 is 34.3 Å². The van der Waals surface area contributed by atoms with Crippen LogP contribution >= 0.6 is 11.6 Å². The maximum atomic E-state index is 13.4. The van der Waals surface area contributed by atoms with Crippen LogP contribution in [0.5, 0.6) is 0 Å². The summed E-state index contributed by atoms with van der Waals surface area (Å²) in [7, 11) is 0. The quantitative estimate of drug-likeness (QED) is 0.690. The first-order valence-electron chi connectivity index (χ1n) is 10.4. The van der Waals surface area contributed by atoms with Crippen molar-refractivity contribution in [3.63, 3.8) is 0 Å². The highest BCUT2D eigenvalue weighted by Crippen LogP contribution is 2.42. The van der Waals surface area contributed by atoms with Crippen molar-refractivity contribution in [1.82, 2.24) is 14.8 Å².